The Kier molecular flexibility index (Phi) is 5.72. The van der Waals surface area contributed by atoms with Crippen LogP contribution in [0.25, 0.3) is 0 Å². The number of thiophene rings is 1. The van der Waals surface area contributed by atoms with Crippen molar-refractivity contribution in [1.82, 2.24) is 4.90 Å². The van der Waals surface area contributed by atoms with Gasteiger partial charge in [0, 0.05) is 17.6 Å². The smallest absolute Gasteiger partial charge is 0.243 e. The molecule has 0 unspecified atom stereocenters. The summed E-state index contributed by atoms with van der Waals surface area (Å²) in [4.78, 5) is 26.6. The Labute approximate surface area is 134 Å². The van der Waals surface area contributed by atoms with Crippen LogP contribution in [-0.4, -0.2) is 30.3 Å². The molecule has 0 aliphatic rings. The van der Waals surface area contributed by atoms with E-state index in [1.54, 1.807) is 18.4 Å². The van der Waals surface area contributed by atoms with Crippen molar-refractivity contribution in [2.75, 3.05) is 18.9 Å². The highest BCUT2D eigenvalue weighted by molar-refractivity contribution is 7.10. The van der Waals surface area contributed by atoms with Crippen LogP contribution >= 0.6 is 11.3 Å². The van der Waals surface area contributed by atoms with Crippen molar-refractivity contribution in [1.29, 1.82) is 0 Å². The lowest BCUT2D eigenvalue weighted by Crippen LogP contribution is -2.35. The van der Waals surface area contributed by atoms with Gasteiger partial charge in [0.15, 0.2) is 0 Å². The number of amides is 2. The van der Waals surface area contributed by atoms with E-state index in [9.17, 15) is 9.59 Å². The van der Waals surface area contributed by atoms with Gasteiger partial charge in [0.25, 0.3) is 0 Å². The van der Waals surface area contributed by atoms with Gasteiger partial charge in [-0.25, -0.2) is 0 Å². The Morgan fingerprint density at radius 2 is 1.95 bits per heavy atom. The molecule has 2 rings (SSSR count). The third-order valence-electron chi connectivity index (χ3n) is 3.38. The van der Waals surface area contributed by atoms with E-state index in [0.29, 0.717) is 6.42 Å². The highest BCUT2D eigenvalue weighted by atomic mass is 32.1. The lowest BCUT2D eigenvalue weighted by atomic mass is 10.1. The quantitative estimate of drug-likeness (QED) is 0.891. The summed E-state index contributed by atoms with van der Waals surface area (Å²) in [6.07, 6.45) is 1.19. The fraction of sp³-hybridized carbons (Fsp3) is 0.294. The van der Waals surface area contributed by atoms with Gasteiger partial charge in [-0.2, -0.15) is 0 Å². The average Bonchev–Trinajstić information content (AvgIpc) is 3.00. The first kappa shape index (κ1) is 16.2. The van der Waals surface area contributed by atoms with E-state index in [-0.39, 0.29) is 18.4 Å². The normalized spacial score (nSPS) is 10.3. The first-order valence-corrected chi connectivity index (χ1v) is 8.12. The minimum atomic E-state index is -0.178. The highest BCUT2D eigenvalue weighted by Crippen LogP contribution is 2.15. The van der Waals surface area contributed by atoms with Gasteiger partial charge in [-0.1, -0.05) is 31.2 Å². The first-order valence-electron chi connectivity index (χ1n) is 7.24. The third kappa shape index (κ3) is 4.43. The number of aryl methyl sites for hydroxylation is 1. The predicted octanol–water partition coefficient (Wildman–Crippen LogP) is 2.95. The third-order valence-corrected chi connectivity index (χ3v) is 4.26. The van der Waals surface area contributed by atoms with E-state index in [0.717, 1.165) is 22.5 Å². The fourth-order valence-corrected chi connectivity index (χ4v) is 2.84. The number of likely N-dealkylation sites (N-methyl/N-ethyl adjacent to an activating group) is 1. The predicted molar refractivity (Wildman–Crippen MR) is 90.1 cm³/mol. The van der Waals surface area contributed by atoms with Crippen LogP contribution in [0.1, 0.15) is 17.4 Å². The molecular formula is C17H20N2O2S. The number of carbonyl (C=O) groups is 2. The topological polar surface area (TPSA) is 49.4 Å². The van der Waals surface area contributed by atoms with Gasteiger partial charge in [0.1, 0.15) is 0 Å². The Morgan fingerprint density at radius 3 is 2.64 bits per heavy atom. The number of nitrogens with zero attached hydrogens (tertiary/aromatic N) is 1. The van der Waals surface area contributed by atoms with E-state index in [2.05, 4.69) is 5.32 Å². The molecule has 0 aliphatic heterocycles. The second-order valence-electron chi connectivity index (χ2n) is 5.06. The number of nitrogens with one attached hydrogen (secondary N) is 1. The van der Waals surface area contributed by atoms with Gasteiger partial charge in [-0.3, -0.25) is 9.59 Å². The molecule has 0 saturated carbocycles. The van der Waals surface area contributed by atoms with Gasteiger partial charge in [0.05, 0.1) is 13.0 Å². The van der Waals surface area contributed by atoms with Crippen LogP contribution in [0.4, 0.5) is 5.69 Å². The summed E-state index contributed by atoms with van der Waals surface area (Å²) < 4.78 is 0. The first-order chi connectivity index (χ1) is 10.6. The van der Waals surface area contributed by atoms with Crippen molar-refractivity contribution in [3.8, 4) is 0 Å². The Balaban J connectivity index is 1.89. The zero-order valence-corrected chi connectivity index (χ0v) is 13.7. The number of rotatable bonds is 6. The van der Waals surface area contributed by atoms with Gasteiger partial charge in [0.2, 0.25) is 11.8 Å². The van der Waals surface area contributed by atoms with Crippen molar-refractivity contribution in [2.45, 2.75) is 19.8 Å². The van der Waals surface area contributed by atoms with Crippen LogP contribution in [0.3, 0.4) is 0 Å². The summed E-state index contributed by atoms with van der Waals surface area (Å²) in [6, 6.07) is 11.5. The molecule has 22 heavy (non-hydrogen) atoms. The van der Waals surface area contributed by atoms with Gasteiger partial charge >= 0.3 is 0 Å². The summed E-state index contributed by atoms with van der Waals surface area (Å²) in [6.45, 7) is 2.10. The van der Waals surface area contributed by atoms with E-state index in [4.69, 9.17) is 0 Å². The molecule has 1 heterocycles. The van der Waals surface area contributed by atoms with Crippen LogP contribution in [-0.2, 0) is 22.4 Å². The molecule has 1 aromatic carbocycles. The molecule has 116 valence electrons. The molecule has 2 amide bonds. The zero-order chi connectivity index (χ0) is 15.9. The van der Waals surface area contributed by atoms with Crippen LogP contribution in [0.15, 0.2) is 41.8 Å². The van der Waals surface area contributed by atoms with Crippen molar-refractivity contribution in [2.24, 2.45) is 0 Å². The molecule has 4 nitrogen and oxygen atoms in total. The van der Waals surface area contributed by atoms with E-state index < -0.39 is 0 Å². The van der Waals surface area contributed by atoms with Gasteiger partial charge in [-0.15, -0.1) is 11.3 Å². The minimum Gasteiger partial charge on any atom is -0.336 e. The molecular weight excluding hydrogens is 296 g/mol. The van der Waals surface area contributed by atoms with Crippen LogP contribution < -0.4 is 5.32 Å². The number of hydrogen-bond acceptors (Lipinski definition) is 3. The average molecular weight is 316 g/mol. The lowest BCUT2D eigenvalue weighted by Gasteiger charge is -2.17. The number of para-hydroxylation sites is 1. The molecule has 0 aliphatic carbocycles. The molecule has 5 heteroatoms. The SMILES string of the molecule is CCc1ccccc1NC(=O)CN(C)C(=O)Cc1cccs1. The van der Waals surface area contributed by atoms with E-state index in [1.165, 1.54) is 4.90 Å². The van der Waals surface area contributed by atoms with E-state index >= 15 is 0 Å². The standard InChI is InChI=1S/C17H20N2O2S/c1-3-13-7-4-5-9-15(13)18-16(20)12-19(2)17(21)11-14-8-6-10-22-14/h4-10H,3,11-12H2,1-2H3,(H,18,20). The summed E-state index contributed by atoms with van der Waals surface area (Å²) >= 11 is 1.55. The van der Waals surface area contributed by atoms with Crippen molar-refractivity contribution < 1.29 is 9.59 Å². The molecule has 0 bridgehead atoms. The minimum absolute atomic E-state index is 0.0543. The van der Waals surface area contributed by atoms with Gasteiger partial charge < -0.3 is 10.2 Å². The molecule has 0 spiro atoms. The Hall–Kier alpha value is -2.14. The van der Waals surface area contributed by atoms with Crippen molar-refractivity contribution >= 4 is 28.8 Å². The highest BCUT2D eigenvalue weighted by Gasteiger charge is 2.14. The van der Waals surface area contributed by atoms with Crippen LogP contribution in [0, 0.1) is 0 Å². The maximum Gasteiger partial charge on any atom is 0.243 e. The monoisotopic (exact) mass is 316 g/mol. The Bertz CT molecular complexity index is 638. The summed E-state index contributed by atoms with van der Waals surface area (Å²) in [7, 11) is 1.65. The largest absolute Gasteiger partial charge is 0.336 e. The van der Waals surface area contributed by atoms with Crippen molar-refractivity contribution in [3.05, 3.63) is 52.2 Å². The zero-order valence-electron chi connectivity index (χ0n) is 12.8. The number of anilines is 1. The van der Waals surface area contributed by atoms with E-state index in [1.807, 2.05) is 48.7 Å². The molecule has 1 aromatic heterocycles. The second kappa shape index (κ2) is 7.75. The van der Waals surface area contributed by atoms with Crippen molar-refractivity contribution in [3.63, 3.8) is 0 Å². The summed E-state index contributed by atoms with van der Waals surface area (Å²) in [5.74, 6) is -0.232. The summed E-state index contributed by atoms with van der Waals surface area (Å²) in [5, 5.41) is 4.82. The van der Waals surface area contributed by atoms with Crippen LogP contribution in [0.5, 0.6) is 0 Å². The molecule has 1 N–H and O–H groups in total. The molecule has 2 aromatic rings. The van der Waals surface area contributed by atoms with Gasteiger partial charge in [-0.05, 0) is 29.5 Å². The number of hydrogen-bond donors (Lipinski definition) is 1. The molecule has 0 saturated heterocycles. The summed E-state index contributed by atoms with van der Waals surface area (Å²) in [5.41, 5.74) is 1.90. The lowest BCUT2D eigenvalue weighted by molar-refractivity contribution is -0.132. The fourth-order valence-electron chi connectivity index (χ4n) is 2.14. The maximum absolute atomic E-state index is 12.1. The molecule has 0 fully saturated rings. The second-order valence-corrected chi connectivity index (χ2v) is 6.10. The van der Waals surface area contributed by atoms with Crippen LogP contribution in [0.2, 0.25) is 0 Å². The molecule has 0 radical (unpaired) electrons. The number of carbonyl (C=O) groups excluding carboxylic acids is 2. The number of benzene rings is 1. The molecule has 0 atom stereocenters. The maximum atomic E-state index is 12.1. The Morgan fingerprint density at radius 1 is 1.18 bits per heavy atom.